The number of nitrogens with zero attached hydrogens (tertiary/aromatic N) is 1. The molecule has 0 saturated heterocycles. The zero-order chi connectivity index (χ0) is 18.8. The minimum Gasteiger partial charge on any atom is -0.365 e. The Morgan fingerprint density at radius 2 is 1.54 bits per heavy atom. The van der Waals surface area contributed by atoms with Crippen molar-refractivity contribution in [3.8, 4) is 11.1 Å². The number of halogens is 3. The number of rotatable bonds is 4. The highest BCUT2D eigenvalue weighted by molar-refractivity contribution is 6.35. The Bertz CT molecular complexity index is 1020. The van der Waals surface area contributed by atoms with E-state index in [0.29, 0.717) is 21.6 Å². The lowest BCUT2D eigenvalue weighted by molar-refractivity contribution is 0.0998. The monoisotopic (exact) mass is 405 g/mol. The van der Waals surface area contributed by atoms with Gasteiger partial charge in [0.2, 0.25) is 0 Å². The molecular weight excluding hydrogens is 393 g/mol. The summed E-state index contributed by atoms with van der Waals surface area (Å²) >= 11 is 18.1. The van der Waals surface area contributed by atoms with Crippen molar-refractivity contribution in [2.45, 2.75) is 6.54 Å². The number of nitrogens with one attached hydrogen (secondary N) is 1. The molecular formula is C19H14Cl3N3O. The van der Waals surface area contributed by atoms with Crippen molar-refractivity contribution in [2.24, 2.45) is 5.73 Å². The molecule has 0 radical (unpaired) electrons. The van der Waals surface area contributed by atoms with Crippen LogP contribution in [0.25, 0.3) is 11.1 Å². The van der Waals surface area contributed by atoms with Crippen LogP contribution in [0.1, 0.15) is 15.9 Å². The molecule has 3 aromatic rings. The fourth-order valence-electron chi connectivity index (χ4n) is 2.64. The number of amides is 1. The van der Waals surface area contributed by atoms with E-state index in [1.807, 2.05) is 36.4 Å². The van der Waals surface area contributed by atoms with E-state index in [4.69, 9.17) is 45.9 Å². The first-order valence-corrected chi connectivity index (χ1v) is 8.76. The summed E-state index contributed by atoms with van der Waals surface area (Å²) in [6.07, 6.45) is 1.60. The van der Waals surface area contributed by atoms with Gasteiger partial charge >= 0.3 is 0 Å². The fourth-order valence-corrected chi connectivity index (χ4v) is 3.40. The number of nitrogens with two attached hydrogens (primary N) is 1. The van der Waals surface area contributed by atoms with Crippen molar-refractivity contribution in [1.29, 1.82) is 5.41 Å². The molecule has 0 saturated carbocycles. The Labute approximate surface area is 165 Å². The predicted molar refractivity (Wildman–Crippen MR) is 105 cm³/mol. The van der Waals surface area contributed by atoms with Gasteiger partial charge in [-0.1, -0.05) is 59.1 Å². The molecule has 0 bridgehead atoms. The van der Waals surface area contributed by atoms with Crippen LogP contribution in [-0.2, 0) is 6.54 Å². The van der Waals surface area contributed by atoms with E-state index in [2.05, 4.69) is 0 Å². The number of pyridine rings is 1. The maximum Gasteiger partial charge on any atom is 0.252 e. The first-order valence-electron chi connectivity index (χ1n) is 7.63. The molecule has 1 heterocycles. The van der Waals surface area contributed by atoms with Crippen molar-refractivity contribution < 1.29 is 4.79 Å². The molecule has 0 fully saturated rings. The van der Waals surface area contributed by atoms with Crippen molar-refractivity contribution in [1.82, 2.24) is 4.57 Å². The van der Waals surface area contributed by atoms with Crippen LogP contribution < -0.4 is 11.2 Å². The summed E-state index contributed by atoms with van der Waals surface area (Å²) in [5.41, 5.74) is 8.24. The molecule has 1 amide bonds. The third-order valence-corrected chi connectivity index (χ3v) is 4.52. The van der Waals surface area contributed by atoms with Crippen LogP contribution in [0.4, 0.5) is 0 Å². The molecule has 0 aliphatic heterocycles. The molecule has 3 rings (SSSR count). The molecule has 26 heavy (non-hydrogen) atoms. The van der Waals surface area contributed by atoms with E-state index in [9.17, 15) is 4.79 Å². The Morgan fingerprint density at radius 1 is 0.923 bits per heavy atom. The van der Waals surface area contributed by atoms with E-state index in [1.165, 1.54) is 6.07 Å². The Kier molecular flexibility index (Phi) is 5.37. The van der Waals surface area contributed by atoms with Gasteiger partial charge in [0.05, 0.1) is 10.6 Å². The highest BCUT2D eigenvalue weighted by atomic mass is 35.5. The molecule has 132 valence electrons. The second-order valence-electron chi connectivity index (χ2n) is 5.77. The first kappa shape index (κ1) is 18.5. The molecule has 0 aliphatic rings. The zero-order valence-corrected chi connectivity index (χ0v) is 15.7. The lowest BCUT2D eigenvalue weighted by atomic mass is 10.0. The van der Waals surface area contributed by atoms with Gasteiger partial charge in [-0.2, -0.15) is 0 Å². The Balaban J connectivity index is 1.91. The molecule has 0 aliphatic carbocycles. The standard InChI is InChI=1S/C19H14Cl3N3O/c20-14-5-13(6-15(21)7-14)12-3-1-11(2-4-12)9-25-10-16(22)8-17(18(25)23)19(24)26/h1-8,10,23H,9H2,(H2,24,26). The molecule has 0 atom stereocenters. The molecule has 3 N–H and O–H groups in total. The van der Waals surface area contributed by atoms with Crippen LogP contribution in [0.3, 0.4) is 0 Å². The quantitative estimate of drug-likeness (QED) is 0.645. The van der Waals surface area contributed by atoms with E-state index in [1.54, 1.807) is 16.8 Å². The minimum atomic E-state index is -0.681. The van der Waals surface area contributed by atoms with Gasteiger partial charge in [0.1, 0.15) is 5.49 Å². The zero-order valence-electron chi connectivity index (χ0n) is 13.5. The second kappa shape index (κ2) is 7.54. The van der Waals surface area contributed by atoms with Crippen LogP contribution in [0, 0.1) is 5.41 Å². The van der Waals surface area contributed by atoms with Gasteiger partial charge in [-0.25, -0.2) is 0 Å². The summed E-state index contributed by atoms with van der Waals surface area (Å²) in [4.78, 5) is 11.4. The number of aromatic nitrogens is 1. The van der Waals surface area contributed by atoms with Crippen LogP contribution in [0.2, 0.25) is 15.1 Å². The van der Waals surface area contributed by atoms with E-state index >= 15 is 0 Å². The van der Waals surface area contributed by atoms with Crippen molar-refractivity contribution >= 4 is 40.7 Å². The molecule has 0 unspecified atom stereocenters. The molecule has 0 spiro atoms. The van der Waals surface area contributed by atoms with Crippen molar-refractivity contribution in [3.05, 3.63) is 86.4 Å². The maximum atomic E-state index is 11.4. The summed E-state index contributed by atoms with van der Waals surface area (Å²) in [7, 11) is 0. The summed E-state index contributed by atoms with van der Waals surface area (Å²) in [6, 6.07) is 14.5. The normalized spacial score (nSPS) is 10.7. The third-order valence-electron chi connectivity index (χ3n) is 3.87. The average Bonchev–Trinajstić information content (AvgIpc) is 2.57. The van der Waals surface area contributed by atoms with Crippen LogP contribution >= 0.6 is 34.8 Å². The SMILES string of the molecule is N=c1c(C(N)=O)cc(Cl)cn1Cc1ccc(-c2cc(Cl)cc(Cl)c2)cc1. The predicted octanol–water partition coefficient (Wildman–Crippen LogP) is 4.74. The third kappa shape index (κ3) is 4.10. The van der Waals surface area contributed by atoms with Gasteiger partial charge in [0.25, 0.3) is 5.91 Å². The Hall–Kier alpha value is -2.27. The maximum absolute atomic E-state index is 11.4. The number of primary amides is 1. The molecule has 7 heteroatoms. The molecule has 4 nitrogen and oxygen atoms in total. The lowest BCUT2D eigenvalue weighted by Crippen LogP contribution is -2.29. The topological polar surface area (TPSA) is 71.9 Å². The second-order valence-corrected chi connectivity index (χ2v) is 7.08. The Morgan fingerprint density at radius 3 is 2.12 bits per heavy atom. The number of carbonyl (C=O) groups is 1. The highest BCUT2D eigenvalue weighted by Crippen LogP contribution is 2.27. The highest BCUT2D eigenvalue weighted by Gasteiger charge is 2.09. The summed E-state index contributed by atoms with van der Waals surface area (Å²) in [5, 5.41) is 9.61. The van der Waals surface area contributed by atoms with Gasteiger partial charge in [-0.05, 0) is 41.0 Å². The lowest BCUT2D eigenvalue weighted by Gasteiger charge is -2.11. The number of benzene rings is 2. The summed E-state index contributed by atoms with van der Waals surface area (Å²) < 4.78 is 1.58. The summed E-state index contributed by atoms with van der Waals surface area (Å²) in [6.45, 7) is 0.385. The number of hydrogen-bond acceptors (Lipinski definition) is 2. The largest absolute Gasteiger partial charge is 0.365 e. The molecule has 2 aromatic carbocycles. The van der Waals surface area contributed by atoms with E-state index in [-0.39, 0.29) is 11.1 Å². The van der Waals surface area contributed by atoms with Crippen LogP contribution in [-0.4, -0.2) is 10.5 Å². The van der Waals surface area contributed by atoms with Crippen molar-refractivity contribution in [3.63, 3.8) is 0 Å². The average molecular weight is 407 g/mol. The fraction of sp³-hybridized carbons (Fsp3) is 0.0526. The van der Waals surface area contributed by atoms with E-state index in [0.717, 1.165) is 16.7 Å². The van der Waals surface area contributed by atoms with Gasteiger partial charge in [0.15, 0.2) is 0 Å². The number of hydrogen-bond donors (Lipinski definition) is 2. The van der Waals surface area contributed by atoms with Gasteiger partial charge < -0.3 is 10.3 Å². The van der Waals surface area contributed by atoms with Gasteiger partial charge in [-0.3, -0.25) is 10.2 Å². The van der Waals surface area contributed by atoms with Gasteiger partial charge in [0, 0.05) is 22.8 Å². The number of carbonyl (C=O) groups excluding carboxylic acids is 1. The summed E-state index contributed by atoms with van der Waals surface area (Å²) in [5.74, 6) is -0.681. The molecule has 1 aromatic heterocycles. The van der Waals surface area contributed by atoms with Crippen LogP contribution in [0.5, 0.6) is 0 Å². The van der Waals surface area contributed by atoms with Crippen LogP contribution in [0.15, 0.2) is 54.7 Å². The smallest absolute Gasteiger partial charge is 0.252 e. The van der Waals surface area contributed by atoms with Crippen molar-refractivity contribution in [2.75, 3.05) is 0 Å². The van der Waals surface area contributed by atoms with E-state index < -0.39 is 5.91 Å². The van der Waals surface area contributed by atoms with Gasteiger partial charge in [-0.15, -0.1) is 0 Å². The first-order chi connectivity index (χ1) is 12.3. The minimum absolute atomic E-state index is 0.0209.